The normalized spacial score (nSPS) is 14.9. The molecular formula is C31H41N9O. The van der Waals surface area contributed by atoms with Crippen molar-refractivity contribution in [3.63, 3.8) is 0 Å². The molecule has 1 amide bonds. The number of nitrogens with two attached hydrogens (primary N) is 2. The van der Waals surface area contributed by atoms with Gasteiger partial charge in [-0.1, -0.05) is 6.07 Å². The molecule has 2 heterocycles. The zero-order chi connectivity index (χ0) is 29.9. The lowest BCUT2D eigenvalue weighted by Gasteiger charge is -2.26. The molecule has 0 atom stereocenters. The van der Waals surface area contributed by atoms with Crippen molar-refractivity contribution < 1.29 is 4.79 Å². The Morgan fingerprint density at radius 3 is 2.56 bits per heavy atom. The highest BCUT2D eigenvalue weighted by atomic mass is 16.1. The van der Waals surface area contributed by atoms with E-state index in [0.29, 0.717) is 22.6 Å². The summed E-state index contributed by atoms with van der Waals surface area (Å²) < 4.78 is 1.75. The van der Waals surface area contributed by atoms with Crippen LogP contribution in [0.25, 0.3) is 5.70 Å². The van der Waals surface area contributed by atoms with Crippen LogP contribution in [0.2, 0.25) is 0 Å². The number of aromatic nitrogens is 2. The number of anilines is 3. The molecule has 2 aromatic carbocycles. The molecule has 5 N–H and O–H groups in total. The van der Waals surface area contributed by atoms with Crippen molar-refractivity contribution in [3.8, 4) is 6.07 Å². The SMILES string of the molecule is Cc1ccc(NC(=O)c2cc(N3CCCN(C)CC3)cc(C(C)(C)C#N)c2)cc1N(N)/C=C(\N)c1cnn(C)c1C. The first-order chi connectivity index (χ1) is 19.4. The fraction of sp³-hybridized carbons (Fsp3) is 0.387. The highest BCUT2D eigenvalue weighted by molar-refractivity contribution is 6.05. The number of carbonyl (C=O) groups excluding carboxylic acids is 1. The predicted octanol–water partition coefficient (Wildman–Crippen LogP) is 3.87. The van der Waals surface area contributed by atoms with Gasteiger partial charge < -0.3 is 20.9 Å². The highest BCUT2D eigenvalue weighted by Gasteiger charge is 2.24. The standard InChI is InChI=1S/C31H41N9O/c1-21-8-9-25(17-29(21)40(34)19-28(33)27-18-35-38(6)22(27)2)36-30(41)23-14-24(31(3,4)20-32)16-26(15-23)39-11-7-10-37(5)12-13-39/h8-9,14-19H,7,10-13,33-34H2,1-6H3,(H,36,41)/b28-19-. The maximum atomic E-state index is 13.6. The van der Waals surface area contributed by atoms with Crippen LogP contribution in [0.4, 0.5) is 17.1 Å². The topological polar surface area (TPSA) is 132 Å². The summed E-state index contributed by atoms with van der Waals surface area (Å²) in [6.45, 7) is 11.4. The molecular weight excluding hydrogens is 514 g/mol. The number of aryl methyl sites for hydroxylation is 2. The number of hydrogen-bond acceptors (Lipinski definition) is 8. The second kappa shape index (κ2) is 12.0. The minimum absolute atomic E-state index is 0.256. The maximum absolute atomic E-state index is 13.6. The molecule has 3 aromatic rings. The molecule has 1 aromatic heterocycles. The Labute approximate surface area is 242 Å². The van der Waals surface area contributed by atoms with Gasteiger partial charge >= 0.3 is 0 Å². The molecule has 4 rings (SSSR count). The molecule has 1 fully saturated rings. The Hall–Kier alpha value is -4.33. The highest BCUT2D eigenvalue weighted by Crippen LogP contribution is 2.30. The van der Waals surface area contributed by atoms with Crippen molar-refractivity contribution in [2.24, 2.45) is 18.6 Å². The lowest BCUT2D eigenvalue weighted by atomic mass is 9.85. The number of nitrogens with one attached hydrogen (secondary N) is 1. The van der Waals surface area contributed by atoms with Crippen molar-refractivity contribution in [3.05, 3.63) is 76.7 Å². The van der Waals surface area contributed by atoms with Crippen LogP contribution in [0.5, 0.6) is 0 Å². The van der Waals surface area contributed by atoms with Crippen LogP contribution < -0.4 is 26.8 Å². The van der Waals surface area contributed by atoms with Crippen molar-refractivity contribution in [2.45, 2.75) is 39.5 Å². The summed E-state index contributed by atoms with van der Waals surface area (Å²) in [4.78, 5) is 18.2. The van der Waals surface area contributed by atoms with Gasteiger partial charge in [0.2, 0.25) is 0 Å². The van der Waals surface area contributed by atoms with E-state index >= 15 is 0 Å². The smallest absolute Gasteiger partial charge is 0.255 e. The maximum Gasteiger partial charge on any atom is 0.255 e. The number of amides is 1. The molecule has 1 aliphatic heterocycles. The number of nitrogens with zero attached hydrogens (tertiary/aromatic N) is 6. The van der Waals surface area contributed by atoms with E-state index in [1.807, 2.05) is 71.1 Å². The van der Waals surface area contributed by atoms with Crippen LogP contribution in [0.3, 0.4) is 0 Å². The number of rotatable bonds is 7. The van der Waals surface area contributed by atoms with Crippen molar-refractivity contribution in [1.29, 1.82) is 5.26 Å². The molecule has 41 heavy (non-hydrogen) atoms. The molecule has 0 aliphatic carbocycles. The number of hydrazine groups is 1. The van der Waals surface area contributed by atoms with E-state index in [1.54, 1.807) is 17.1 Å². The summed E-state index contributed by atoms with van der Waals surface area (Å²) in [7, 11) is 3.98. The van der Waals surface area contributed by atoms with Crippen LogP contribution in [0.15, 0.2) is 48.8 Å². The van der Waals surface area contributed by atoms with Crippen molar-refractivity contribution in [2.75, 3.05) is 48.5 Å². The summed E-state index contributed by atoms with van der Waals surface area (Å²) >= 11 is 0. The predicted molar refractivity (Wildman–Crippen MR) is 165 cm³/mol. The average Bonchev–Trinajstić information content (AvgIpc) is 3.13. The fourth-order valence-electron chi connectivity index (χ4n) is 4.89. The first-order valence-corrected chi connectivity index (χ1v) is 13.8. The number of nitriles is 1. The van der Waals surface area contributed by atoms with E-state index < -0.39 is 5.41 Å². The summed E-state index contributed by atoms with van der Waals surface area (Å²) in [5, 5.41) is 18.6. The Kier molecular flexibility index (Phi) is 8.71. The molecule has 0 radical (unpaired) electrons. The van der Waals surface area contributed by atoms with E-state index in [0.717, 1.165) is 60.7 Å². The van der Waals surface area contributed by atoms with Crippen LogP contribution in [-0.4, -0.2) is 53.8 Å². The molecule has 216 valence electrons. The van der Waals surface area contributed by atoms with Gasteiger partial charge in [0, 0.05) is 61.1 Å². The van der Waals surface area contributed by atoms with E-state index in [4.69, 9.17) is 11.6 Å². The van der Waals surface area contributed by atoms with Crippen LogP contribution >= 0.6 is 0 Å². The third kappa shape index (κ3) is 6.70. The summed E-state index contributed by atoms with van der Waals surface area (Å²) in [6, 6.07) is 13.7. The van der Waals surface area contributed by atoms with E-state index in [1.165, 1.54) is 5.01 Å². The van der Waals surface area contributed by atoms with Gasteiger partial charge in [0.05, 0.1) is 29.1 Å². The lowest BCUT2D eigenvalue weighted by molar-refractivity contribution is 0.102. The number of carbonyl (C=O) groups is 1. The minimum Gasteiger partial charge on any atom is -0.397 e. The quantitative estimate of drug-likeness (QED) is 0.296. The summed E-state index contributed by atoms with van der Waals surface area (Å²) in [6.07, 6.45) is 4.39. The van der Waals surface area contributed by atoms with Gasteiger partial charge in [0.1, 0.15) is 0 Å². The van der Waals surface area contributed by atoms with Gasteiger partial charge in [-0.25, -0.2) is 5.84 Å². The molecule has 10 nitrogen and oxygen atoms in total. The Morgan fingerprint density at radius 2 is 1.88 bits per heavy atom. The molecule has 0 bridgehead atoms. The zero-order valence-electron chi connectivity index (χ0n) is 24.9. The van der Waals surface area contributed by atoms with Crippen LogP contribution in [0.1, 0.15) is 53.0 Å². The average molecular weight is 556 g/mol. The van der Waals surface area contributed by atoms with E-state index in [-0.39, 0.29) is 5.91 Å². The van der Waals surface area contributed by atoms with Gasteiger partial charge in [0.25, 0.3) is 5.91 Å². The Balaban J connectivity index is 1.62. The molecule has 0 saturated carbocycles. The Bertz CT molecular complexity index is 1500. The molecule has 1 saturated heterocycles. The van der Waals surface area contributed by atoms with Gasteiger partial charge in [-0.2, -0.15) is 10.4 Å². The third-order valence-corrected chi connectivity index (χ3v) is 7.84. The Morgan fingerprint density at radius 1 is 1.12 bits per heavy atom. The second-order valence-electron chi connectivity index (χ2n) is 11.4. The lowest BCUT2D eigenvalue weighted by Crippen LogP contribution is -2.29. The fourth-order valence-corrected chi connectivity index (χ4v) is 4.89. The molecule has 0 unspecified atom stereocenters. The van der Waals surface area contributed by atoms with Gasteiger partial charge in [-0.3, -0.25) is 14.5 Å². The number of likely N-dealkylation sites (N-methyl/N-ethyl adjacent to an activating group) is 1. The first kappa shape index (κ1) is 29.6. The largest absolute Gasteiger partial charge is 0.397 e. The van der Waals surface area contributed by atoms with Crippen molar-refractivity contribution >= 4 is 28.7 Å². The van der Waals surface area contributed by atoms with Crippen molar-refractivity contribution in [1.82, 2.24) is 14.7 Å². The summed E-state index contributed by atoms with van der Waals surface area (Å²) in [5.74, 6) is 6.15. The van der Waals surface area contributed by atoms with E-state index in [9.17, 15) is 10.1 Å². The van der Waals surface area contributed by atoms with Crippen LogP contribution in [-0.2, 0) is 12.5 Å². The molecule has 10 heteroatoms. The monoisotopic (exact) mass is 555 g/mol. The van der Waals surface area contributed by atoms with E-state index in [2.05, 4.69) is 33.3 Å². The first-order valence-electron chi connectivity index (χ1n) is 13.8. The van der Waals surface area contributed by atoms with Crippen LogP contribution in [0, 0.1) is 25.2 Å². The minimum atomic E-state index is -0.746. The van der Waals surface area contributed by atoms with Gasteiger partial charge in [-0.05, 0) is 89.2 Å². The number of hydrogen-bond donors (Lipinski definition) is 3. The molecule has 1 aliphatic rings. The summed E-state index contributed by atoms with van der Waals surface area (Å²) in [5.41, 5.74) is 12.3. The van der Waals surface area contributed by atoms with Gasteiger partial charge in [0.15, 0.2) is 0 Å². The third-order valence-electron chi connectivity index (χ3n) is 7.84. The second-order valence-corrected chi connectivity index (χ2v) is 11.4. The number of benzene rings is 2. The van der Waals surface area contributed by atoms with Gasteiger partial charge in [-0.15, -0.1) is 0 Å². The molecule has 0 spiro atoms. The zero-order valence-corrected chi connectivity index (χ0v) is 24.9.